The predicted molar refractivity (Wildman–Crippen MR) is 99.1 cm³/mol. The minimum Gasteiger partial charge on any atom is -0.271 e. The molecule has 0 unspecified atom stereocenters. The Hall–Kier alpha value is -1.86. The van der Waals surface area contributed by atoms with Gasteiger partial charge in [0.15, 0.2) is 0 Å². The number of nitrogens with zero attached hydrogens (tertiary/aromatic N) is 2. The zero-order valence-corrected chi connectivity index (χ0v) is 15.6. The van der Waals surface area contributed by atoms with Gasteiger partial charge in [-0.1, -0.05) is 41.4 Å². The summed E-state index contributed by atoms with van der Waals surface area (Å²) in [5.41, 5.74) is 2.37. The van der Waals surface area contributed by atoms with Crippen molar-refractivity contribution in [2.75, 3.05) is 0 Å². The number of hydrogen-bond acceptors (Lipinski definition) is 3. The van der Waals surface area contributed by atoms with Gasteiger partial charge in [0.25, 0.3) is 0 Å². The zero-order chi connectivity index (χ0) is 18.0. The van der Waals surface area contributed by atoms with Crippen molar-refractivity contribution in [2.24, 2.45) is 7.05 Å². The highest BCUT2D eigenvalue weighted by Crippen LogP contribution is 2.30. The van der Waals surface area contributed by atoms with Crippen LogP contribution in [0.2, 0.25) is 10.0 Å². The van der Waals surface area contributed by atoms with Crippen molar-refractivity contribution in [2.45, 2.75) is 11.4 Å². The van der Waals surface area contributed by atoms with Crippen molar-refractivity contribution in [1.29, 1.82) is 0 Å². The van der Waals surface area contributed by atoms with Crippen LogP contribution in [-0.4, -0.2) is 18.2 Å². The van der Waals surface area contributed by atoms with Gasteiger partial charge in [-0.05, 0) is 35.9 Å². The van der Waals surface area contributed by atoms with E-state index in [1.807, 2.05) is 0 Å². The highest BCUT2D eigenvalue weighted by Gasteiger charge is 2.15. The van der Waals surface area contributed by atoms with E-state index in [1.54, 1.807) is 66.5 Å². The third-order valence-corrected chi connectivity index (χ3v) is 5.74. The van der Waals surface area contributed by atoms with Crippen LogP contribution in [0.3, 0.4) is 0 Å². The summed E-state index contributed by atoms with van der Waals surface area (Å²) in [5, 5.41) is 5.07. The molecule has 0 aliphatic carbocycles. The van der Waals surface area contributed by atoms with Crippen LogP contribution < -0.4 is 4.72 Å². The van der Waals surface area contributed by atoms with Gasteiger partial charge in [-0.15, -0.1) is 0 Å². The molecule has 3 rings (SSSR count). The van der Waals surface area contributed by atoms with Crippen molar-refractivity contribution in [3.8, 4) is 11.1 Å². The van der Waals surface area contributed by atoms with Gasteiger partial charge in [0.1, 0.15) is 0 Å². The molecule has 0 fully saturated rings. The number of halogens is 2. The number of aromatic nitrogens is 2. The Kier molecular flexibility index (Phi) is 5.15. The van der Waals surface area contributed by atoms with Crippen LogP contribution in [-0.2, 0) is 23.6 Å². The van der Waals surface area contributed by atoms with Gasteiger partial charge >= 0.3 is 0 Å². The topological polar surface area (TPSA) is 64.0 Å². The quantitative estimate of drug-likeness (QED) is 0.712. The van der Waals surface area contributed by atoms with Crippen molar-refractivity contribution >= 4 is 33.2 Å². The highest BCUT2D eigenvalue weighted by molar-refractivity contribution is 7.89. The third kappa shape index (κ3) is 4.04. The maximum absolute atomic E-state index is 12.4. The SMILES string of the molecule is Cn1nccc1CNS(=O)(=O)c1ccc(-c2ccc(Cl)cc2Cl)cc1. The van der Waals surface area contributed by atoms with Crippen LogP contribution in [0.25, 0.3) is 11.1 Å². The molecule has 8 heteroatoms. The normalized spacial score (nSPS) is 11.6. The number of nitrogens with one attached hydrogen (secondary N) is 1. The minimum atomic E-state index is -3.61. The lowest BCUT2D eigenvalue weighted by atomic mass is 10.1. The number of rotatable bonds is 5. The second kappa shape index (κ2) is 7.17. The summed E-state index contributed by atoms with van der Waals surface area (Å²) in [7, 11) is -1.86. The lowest BCUT2D eigenvalue weighted by Gasteiger charge is -2.09. The van der Waals surface area contributed by atoms with Gasteiger partial charge < -0.3 is 0 Å². The molecule has 2 aromatic carbocycles. The Balaban J connectivity index is 1.80. The molecule has 0 amide bonds. The Labute approximate surface area is 156 Å². The molecular weight excluding hydrogens is 381 g/mol. The second-order valence-corrected chi connectivity index (χ2v) is 8.03. The second-order valence-electron chi connectivity index (χ2n) is 5.42. The molecule has 0 saturated heterocycles. The molecule has 0 aliphatic rings. The fraction of sp³-hybridized carbons (Fsp3) is 0.118. The first-order valence-corrected chi connectivity index (χ1v) is 9.63. The number of hydrogen-bond donors (Lipinski definition) is 1. The Morgan fingerprint density at radius 2 is 1.80 bits per heavy atom. The number of sulfonamides is 1. The fourth-order valence-electron chi connectivity index (χ4n) is 2.36. The largest absolute Gasteiger partial charge is 0.271 e. The molecule has 1 N–H and O–H groups in total. The van der Waals surface area contributed by atoms with Gasteiger partial charge in [0.2, 0.25) is 10.0 Å². The number of aryl methyl sites for hydroxylation is 1. The molecular formula is C17H15Cl2N3O2S. The van der Waals surface area contributed by atoms with E-state index >= 15 is 0 Å². The summed E-state index contributed by atoms with van der Waals surface area (Å²) in [6, 6.07) is 13.5. The summed E-state index contributed by atoms with van der Waals surface area (Å²) in [4.78, 5) is 0.184. The van der Waals surface area contributed by atoms with Crippen molar-refractivity contribution in [3.63, 3.8) is 0 Å². The van der Waals surface area contributed by atoms with Crippen LogP contribution in [0.1, 0.15) is 5.69 Å². The van der Waals surface area contributed by atoms with Crippen LogP contribution in [0.15, 0.2) is 59.6 Å². The smallest absolute Gasteiger partial charge is 0.240 e. The van der Waals surface area contributed by atoms with E-state index in [4.69, 9.17) is 23.2 Å². The van der Waals surface area contributed by atoms with E-state index in [0.29, 0.717) is 10.0 Å². The first-order valence-electron chi connectivity index (χ1n) is 7.39. The summed E-state index contributed by atoms with van der Waals surface area (Å²) in [6.07, 6.45) is 1.62. The molecule has 5 nitrogen and oxygen atoms in total. The van der Waals surface area contributed by atoms with Crippen LogP contribution >= 0.6 is 23.2 Å². The predicted octanol–water partition coefficient (Wildman–Crippen LogP) is 3.87. The zero-order valence-electron chi connectivity index (χ0n) is 13.3. The Morgan fingerprint density at radius 3 is 2.40 bits per heavy atom. The first kappa shape index (κ1) is 17.9. The number of benzene rings is 2. The average Bonchev–Trinajstić information content (AvgIpc) is 2.98. The molecule has 3 aromatic rings. The van der Waals surface area contributed by atoms with E-state index in [0.717, 1.165) is 16.8 Å². The van der Waals surface area contributed by atoms with Crippen LogP contribution in [0, 0.1) is 0 Å². The molecule has 25 heavy (non-hydrogen) atoms. The maximum atomic E-state index is 12.4. The average molecular weight is 396 g/mol. The van der Waals surface area contributed by atoms with Gasteiger partial charge in [0, 0.05) is 28.9 Å². The summed E-state index contributed by atoms with van der Waals surface area (Å²) in [5.74, 6) is 0. The molecule has 0 radical (unpaired) electrons. The molecule has 0 bridgehead atoms. The summed E-state index contributed by atoms with van der Waals surface area (Å²) >= 11 is 12.1. The monoisotopic (exact) mass is 395 g/mol. The standard InChI is InChI=1S/C17H15Cl2N3O2S/c1-22-14(8-9-20-22)11-21-25(23,24)15-5-2-12(3-6-15)16-7-4-13(18)10-17(16)19/h2-10,21H,11H2,1H3. The van der Waals surface area contributed by atoms with Crippen molar-refractivity contribution < 1.29 is 8.42 Å². The van der Waals surface area contributed by atoms with Crippen LogP contribution in [0.5, 0.6) is 0 Å². The minimum absolute atomic E-state index is 0.170. The Morgan fingerprint density at radius 1 is 1.08 bits per heavy atom. The van der Waals surface area contributed by atoms with Gasteiger partial charge in [-0.25, -0.2) is 13.1 Å². The molecule has 0 atom stereocenters. The highest BCUT2D eigenvalue weighted by atomic mass is 35.5. The van der Waals surface area contributed by atoms with E-state index in [2.05, 4.69) is 9.82 Å². The molecule has 1 heterocycles. The van der Waals surface area contributed by atoms with Gasteiger partial charge in [0.05, 0.1) is 17.1 Å². The Bertz CT molecular complexity index is 999. The van der Waals surface area contributed by atoms with Crippen molar-refractivity contribution in [3.05, 3.63) is 70.5 Å². The molecule has 0 aliphatic heterocycles. The summed E-state index contributed by atoms with van der Waals surface area (Å²) in [6.45, 7) is 0.170. The molecule has 0 saturated carbocycles. The summed E-state index contributed by atoms with van der Waals surface area (Å²) < 4.78 is 29.0. The third-order valence-electron chi connectivity index (χ3n) is 3.77. The molecule has 1 aromatic heterocycles. The van der Waals surface area contributed by atoms with E-state index < -0.39 is 10.0 Å². The van der Waals surface area contributed by atoms with Gasteiger partial charge in [-0.2, -0.15) is 5.10 Å². The fourth-order valence-corrected chi connectivity index (χ4v) is 3.88. The van der Waals surface area contributed by atoms with Crippen molar-refractivity contribution in [1.82, 2.24) is 14.5 Å². The lowest BCUT2D eigenvalue weighted by Crippen LogP contribution is -2.24. The molecule has 0 spiro atoms. The maximum Gasteiger partial charge on any atom is 0.240 e. The van der Waals surface area contributed by atoms with Gasteiger partial charge in [-0.3, -0.25) is 4.68 Å². The van der Waals surface area contributed by atoms with E-state index in [-0.39, 0.29) is 11.4 Å². The first-order chi connectivity index (χ1) is 11.9. The van der Waals surface area contributed by atoms with E-state index in [9.17, 15) is 8.42 Å². The van der Waals surface area contributed by atoms with Crippen LogP contribution in [0.4, 0.5) is 0 Å². The van der Waals surface area contributed by atoms with E-state index in [1.165, 1.54) is 0 Å². The lowest BCUT2D eigenvalue weighted by molar-refractivity contribution is 0.577. The molecule has 130 valence electrons.